The van der Waals surface area contributed by atoms with Crippen molar-refractivity contribution >= 4 is 0 Å². The summed E-state index contributed by atoms with van der Waals surface area (Å²) >= 11 is 0. The average Bonchev–Trinajstić information content (AvgIpc) is 1.97. The Hall–Kier alpha value is -0.160. The molecule has 0 aliphatic carbocycles. The molecule has 0 fully saturated rings. The zero-order valence-electron chi connectivity index (χ0n) is 7.67. The van der Waals surface area contributed by atoms with E-state index in [2.05, 4.69) is 5.32 Å². The molecule has 0 atom stereocenters. The van der Waals surface area contributed by atoms with Crippen molar-refractivity contribution in [2.75, 3.05) is 47.3 Å². The normalized spacial score (nSPS) is 11.5. The SMILES string of the molecule is CNCCN(O)CCN(C)C. The van der Waals surface area contributed by atoms with Crippen LogP contribution in [0.3, 0.4) is 0 Å². The van der Waals surface area contributed by atoms with Gasteiger partial charge in [0, 0.05) is 26.2 Å². The molecule has 0 radical (unpaired) electrons. The first-order chi connectivity index (χ1) is 5.16. The maximum Gasteiger partial charge on any atom is 0.0366 e. The Balaban J connectivity index is 3.15. The van der Waals surface area contributed by atoms with E-state index in [9.17, 15) is 5.21 Å². The summed E-state index contributed by atoms with van der Waals surface area (Å²) in [5.74, 6) is 0. The molecule has 0 aromatic carbocycles. The Labute approximate surface area is 68.7 Å². The summed E-state index contributed by atoms with van der Waals surface area (Å²) in [6.07, 6.45) is 0. The molecule has 4 nitrogen and oxygen atoms in total. The van der Waals surface area contributed by atoms with E-state index in [1.165, 1.54) is 5.06 Å². The number of hydrogen-bond donors (Lipinski definition) is 2. The van der Waals surface area contributed by atoms with Crippen molar-refractivity contribution in [3.63, 3.8) is 0 Å². The van der Waals surface area contributed by atoms with Gasteiger partial charge in [-0.3, -0.25) is 0 Å². The second-order valence-corrected chi connectivity index (χ2v) is 2.86. The summed E-state index contributed by atoms with van der Waals surface area (Å²) in [6, 6.07) is 0. The Bertz CT molecular complexity index is 87.8. The first kappa shape index (κ1) is 10.8. The summed E-state index contributed by atoms with van der Waals surface area (Å²) in [5, 5.41) is 13.5. The van der Waals surface area contributed by atoms with Crippen molar-refractivity contribution in [1.29, 1.82) is 0 Å². The molecule has 68 valence electrons. The first-order valence-electron chi connectivity index (χ1n) is 3.90. The fraction of sp³-hybridized carbons (Fsp3) is 1.00. The third kappa shape index (κ3) is 7.74. The van der Waals surface area contributed by atoms with E-state index < -0.39 is 0 Å². The van der Waals surface area contributed by atoms with E-state index in [1.54, 1.807) is 0 Å². The van der Waals surface area contributed by atoms with Gasteiger partial charge in [0.2, 0.25) is 0 Å². The minimum Gasteiger partial charge on any atom is -0.318 e. The van der Waals surface area contributed by atoms with Crippen LogP contribution in [0, 0.1) is 0 Å². The second kappa shape index (κ2) is 6.54. The topological polar surface area (TPSA) is 38.7 Å². The molecule has 0 saturated heterocycles. The number of hydroxylamine groups is 2. The van der Waals surface area contributed by atoms with E-state index in [1.807, 2.05) is 26.0 Å². The van der Waals surface area contributed by atoms with Gasteiger partial charge in [0.25, 0.3) is 0 Å². The van der Waals surface area contributed by atoms with Crippen molar-refractivity contribution in [1.82, 2.24) is 15.3 Å². The number of likely N-dealkylation sites (N-methyl/N-ethyl adjacent to an activating group) is 2. The van der Waals surface area contributed by atoms with E-state index >= 15 is 0 Å². The van der Waals surface area contributed by atoms with E-state index in [0.717, 1.165) is 13.1 Å². The zero-order chi connectivity index (χ0) is 8.69. The molecule has 0 saturated carbocycles. The molecule has 0 bridgehead atoms. The fourth-order valence-corrected chi connectivity index (χ4v) is 0.668. The molecule has 0 spiro atoms. The van der Waals surface area contributed by atoms with Crippen molar-refractivity contribution in [3.05, 3.63) is 0 Å². The van der Waals surface area contributed by atoms with Crippen LogP contribution in [-0.2, 0) is 0 Å². The second-order valence-electron chi connectivity index (χ2n) is 2.86. The summed E-state index contributed by atoms with van der Waals surface area (Å²) in [5.41, 5.74) is 0. The highest BCUT2D eigenvalue weighted by Gasteiger charge is 1.98. The van der Waals surface area contributed by atoms with Crippen LogP contribution >= 0.6 is 0 Å². The number of rotatable bonds is 6. The van der Waals surface area contributed by atoms with Gasteiger partial charge in [-0.1, -0.05) is 0 Å². The lowest BCUT2D eigenvalue weighted by Crippen LogP contribution is -2.33. The molecular formula is C7H19N3O. The molecule has 0 aliphatic heterocycles. The van der Waals surface area contributed by atoms with Crippen LogP contribution in [0.1, 0.15) is 0 Å². The lowest BCUT2D eigenvalue weighted by Gasteiger charge is -2.16. The first-order valence-corrected chi connectivity index (χ1v) is 3.90. The van der Waals surface area contributed by atoms with E-state index in [-0.39, 0.29) is 0 Å². The summed E-state index contributed by atoms with van der Waals surface area (Å²) in [4.78, 5) is 2.04. The summed E-state index contributed by atoms with van der Waals surface area (Å²) in [7, 11) is 5.86. The Morgan fingerprint density at radius 2 is 1.82 bits per heavy atom. The predicted octanol–water partition coefficient (Wildman–Crippen LogP) is -0.541. The quantitative estimate of drug-likeness (QED) is 0.513. The molecule has 11 heavy (non-hydrogen) atoms. The Morgan fingerprint density at radius 3 is 2.27 bits per heavy atom. The van der Waals surface area contributed by atoms with Gasteiger partial charge in [0.05, 0.1) is 0 Å². The van der Waals surface area contributed by atoms with Gasteiger partial charge in [-0.25, -0.2) is 0 Å². The average molecular weight is 161 g/mol. The Kier molecular flexibility index (Phi) is 6.45. The van der Waals surface area contributed by atoms with E-state index in [0.29, 0.717) is 13.1 Å². The van der Waals surface area contributed by atoms with Gasteiger partial charge in [0.1, 0.15) is 0 Å². The minimum atomic E-state index is 0.685. The maximum absolute atomic E-state index is 9.20. The van der Waals surface area contributed by atoms with Crippen LogP contribution in [-0.4, -0.2) is 62.5 Å². The third-order valence-corrected chi connectivity index (χ3v) is 1.43. The molecule has 0 heterocycles. The standard InChI is InChI=1S/C7H19N3O/c1-8-4-5-10(11)7-6-9(2)3/h8,11H,4-7H2,1-3H3. The molecule has 2 N–H and O–H groups in total. The van der Waals surface area contributed by atoms with Gasteiger partial charge >= 0.3 is 0 Å². The number of nitrogens with zero attached hydrogens (tertiary/aromatic N) is 2. The van der Waals surface area contributed by atoms with Gasteiger partial charge in [-0.2, -0.15) is 5.06 Å². The zero-order valence-corrected chi connectivity index (χ0v) is 7.67. The largest absolute Gasteiger partial charge is 0.318 e. The summed E-state index contributed by atoms with van der Waals surface area (Å²) in [6.45, 7) is 3.10. The highest BCUT2D eigenvalue weighted by Crippen LogP contribution is 1.81. The van der Waals surface area contributed by atoms with Crippen LogP contribution in [0.4, 0.5) is 0 Å². The van der Waals surface area contributed by atoms with Gasteiger partial charge in [0.15, 0.2) is 0 Å². The van der Waals surface area contributed by atoms with E-state index in [4.69, 9.17) is 0 Å². The lowest BCUT2D eigenvalue weighted by molar-refractivity contribution is -0.0913. The molecule has 0 aliphatic rings. The molecule has 0 unspecified atom stereocenters. The van der Waals surface area contributed by atoms with Gasteiger partial charge in [-0.15, -0.1) is 0 Å². The molecular weight excluding hydrogens is 142 g/mol. The van der Waals surface area contributed by atoms with Gasteiger partial charge < -0.3 is 15.4 Å². The summed E-state index contributed by atoms with van der Waals surface area (Å²) < 4.78 is 0. The third-order valence-electron chi connectivity index (χ3n) is 1.43. The van der Waals surface area contributed by atoms with Crippen molar-refractivity contribution in [2.45, 2.75) is 0 Å². The Morgan fingerprint density at radius 1 is 1.18 bits per heavy atom. The van der Waals surface area contributed by atoms with Crippen LogP contribution in [0.5, 0.6) is 0 Å². The number of hydrogen-bond acceptors (Lipinski definition) is 4. The molecule has 0 rings (SSSR count). The molecule has 4 heteroatoms. The lowest BCUT2D eigenvalue weighted by atomic mass is 10.5. The van der Waals surface area contributed by atoms with Crippen LogP contribution < -0.4 is 5.32 Å². The smallest absolute Gasteiger partial charge is 0.0366 e. The predicted molar refractivity (Wildman–Crippen MR) is 45.8 cm³/mol. The van der Waals surface area contributed by atoms with Gasteiger partial charge in [-0.05, 0) is 21.1 Å². The maximum atomic E-state index is 9.20. The van der Waals surface area contributed by atoms with Crippen molar-refractivity contribution in [2.24, 2.45) is 0 Å². The monoisotopic (exact) mass is 161 g/mol. The molecule has 0 aromatic rings. The van der Waals surface area contributed by atoms with Crippen LogP contribution in [0.15, 0.2) is 0 Å². The molecule has 0 amide bonds. The minimum absolute atomic E-state index is 0.685. The van der Waals surface area contributed by atoms with Crippen LogP contribution in [0.25, 0.3) is 0 Å². The fourth-order valence-electron chi connectivity index (χ4n) is 0.668. The number of nitrogens with one attached hydrogen (secondary N) is 1. The molecule has 0 aromatic heterocycles. The van der Waals surface area contributed by atoms with Crippen LogP contribution in [0.2, 0.25) is 0 Å². The highest BCUT2D eigenvalue weighted by molar-refractivity contribution is 4.50. The van der Waals surface area contributed by atoms with Crippen molar-refractivity contribution < 1.29 is 5.21 Å². The van der Waals surface area contributed by atoms with Crippen molar-refractivity contribution in [3.8, 4) is 0 Å². The highest BCUT2D eigenvalue weighted by atomic mass is 16.5.